The predicted octanol–water partition coefficient (Wildman–Crippen LogP) is 2.86. The third-order valence-corrected chi connectivity index (χ3v) is 3.02. The van der Waals surface area contributed by atoms with Crippen LogP contribution in [-0.4, -0.2) is 33.0 Å². The van der Waals surface area contributed by atoms with Crippen LogP contribution >= 0.6 is 0 Å². The molecule has 1 heterocycles. The zero-order chi connectivity index (χ0) is 14.6. The smallest absolute Gasteiger partial charge is 0.317 e. The first-order valence-corrected chi connectivity index (χ1v) is 6.35. The van der Waals surface area contributed by atoms with Crippen LogP contribution < -0.4 is 0 Å². The van der Waals surface area contributed by atoms with Crippen molar-refractivity contribution >= 4 is 5.97 Å². The normalized spacial score (nSPS) is 13.6. The van der Waals surface area contributed by atoms with Crippen molar-refractivity contribution in [3.05, 3.63) is 29.8 Å². The third kappa shape index (κ3) is 4.28. The van der Waals surface area contributed by atoms with Gasteiger partial charge in [-0.3, -0.25) is 14.7 Å². The molecule has 1 rings (SSSR count). The molecule has 0 fully saturated rings. The molecule has 5 heteroatoms. The number of rotatable bonds is 5. The molecule has 0 bridgehead atoms. The van der Waals surface area contributed by atoms with Gasteiger partial charge in [0.05, 0.1) is 24.5 Å². The minimum atomic E-state index is -0.879. The van der Waals surface area contributed by atoms with Crippen LogP contribution in [0.1, 0.15) is 45.9 Å². The van der Waals surface area contributed by atoms with Gasteiger partial charge in [-0.15, -0.1) is 0 Å². The number of aliphatic carboxylic acids is 1. The zero-order valence-electron chi connectivity index (χ0n) is 11.9. The lowest BCUT2D eigenvalue weighted by atomic mass is 9.99. The summed E-state index contributed by atoms with van der Waals surface area (Å²) in [5.41, 5.74) is 0.384. The summed E-state index contributed by atoms with van der Waals surface area (Å²) >= 11 is 0. The molecular weight excluding hydrogens is 247 g/mol. The topological polar surface area (TPSA) is 53.4 Å². The van der Waals surface area contributed by atoms with Crippen molar-refractivity contribution in [2.75, 3.05) is 6.54 Å². The molecule has 19 heavy (non-hydrogen) atoms. The second kappa shape index (κ2) is 6.10. The van der Waals surface area contributed by atoms with Crippen molar-refractivity contribution in [1.29, 1.82) is 0 Å². The Balaban J connectivity index is 3.09. The Bertz CT molecular complexity index is 426. The number of aromatic nitrogens is 1. The SMILES string of the molecule is CCC(c1ccc(F)cn1)N(CC(=O)O)C(C)(C)C. The summed E-state index contributed by atoms with van der Waals surface area (Å²) in [4.78, 5) is 17.0. The van der Waals surface area contributed by atoms with Gasteiger partial charge in [0, 0.05) is 5.54 Å². The Morgan fingerprint density at radius 1 is 1.47 bits per heavy atom. The van der Waals surface area contributed by atoms with Crippen LogP contribution in [0.3, 0.4) is 0 Å². The molecule has 0 radical (unpaired) electrons. The van der Waals surface area contributed by atoms with Crippen molar-refractivity contribution in [2.24, 2.45) is 0 Å². The molecule has 1 aromatic heterocycles. The van der Waals surface area contributed by atoms with Crippen molar-refractivity contribution in [3.8, 4) is 0 Å². The number of carbonyl (C=O) groups is 1. The second-order valence-corrected chi connectivity index (χ2v) is 5.52. The maximum absolute atomic E-state index is 12.9. The van der Waals surface area contributed by atoms with E-state index in [1.54, 1.807) is 6.07 Å². The zero-order valence-corrected chi connectivity index (χ0v) is 11.9. The number of carboxylic acid groups (broad SMARTS) is 1. The molecule has 106 valence electrons. The number of carboxylic acids is 1. The van der Waals surface area contributed by atoms with Crippen LogP contribution in [-0.2, 0) is 4.79 Å². The summed E-state index contributed by atoms with van der Waals surface area (Å²) in [7, 11) is 0. The van der Waals surface area contributed by atoms with Crippen LogP contribution in [0.2, 0.25) is 0 Å². The van der Waals surface area contributed by atoms with Crippen LogP contribution in [0.4, 0.5) is 4.39 Å². The molecule has 1 atom stereocenters. The van der Waals surface area contributed by atoms with E-state index in [4.69, 9.17) is 5.11 Å². The molecule has 0 spiro atoms. The van der Waals surface area contributed by atoms with Gasteiger partial charge in [-0.05, 0) is 39.3 Å². The Morgan fingerprint density at radius 2 is 2.11 bits per heavy atom. The van der Waals surface area contributed by atoms with E-state index in [2.05, 4.69) is 4.98 Å². The Kier molecular flexibility index (Phi) is 5.00. The van der Waals surface area contributed by atoms with E-state index < -0.39 is 5.97 Å². The molecule has 0 saturated carbocycles. The molecule has 0 saturated heterocycles. The number of nitrogens with zero attached hydrogens (tertiary/aromatic N) is 2. The van der Waals surface area contributed by atoms with E-state index in [0.717, 1.165) is 0 Å². The maximum Gasteiger partial charge on any atom is 0.317 e. The van der Waals surface area contributed by atoms with E-state index >= 15 is 0 Å². The monoisotopic (exact) mass is 268 g/mol. The fourth-order valence-electron chi connectivity index (χ4n) is 2.13. The van der Waals surface area contributed by atoms with Gasteiger partial charge >= 0.3 is 5.97 Å². The van der Waals surface area contributed by atoms with Gasteiger partial charge in [-0.25, -0.2) is 4.39 Å². The fraction of sp³-hybridized carbons (Fsp3) is 0.571. The summed E-state index contributed by atoms with van der Waals surface area (Å²) in [6.07, 6.45) is 1.88. The van der Waals surface area contributed by atoms with Crippen LogP contribution in [0.25, 0.3) is 0 Å². The Morgan fingerprint density at radius 3 is 2.47 bits per heavy atom. The number of pyridine rings is 1. The minimum absolute atomic E-state index is 0.0684. The van der Waals surface area contributed by atoms with Gasteiger partial charge in [0.2, 0.25) is 0 Å². The first-order valence-electron chi connectivity index (χ1n) is 6.35. The molecule has 0 aliphatic carbocycles. The molecular formula is C14H21FN2O2. The maximum atomic E-state index is 12.9. The van der Waals surface area contributed by atoms with Crippen LogP contribution in [0.15, 0.2) is 18.3 Å². The highest BCUT2D eigenvalue weighted by Crippen LogP contribution is 2.29. The van der Waals surface area contributed by atoms with Crippen LogP contribution in [0.5, 0.6) is 0 Å². The largest absolute Gasteiger partial charge is 0.480 e. The van der Waals surface area contributed by atoms with Gasteiger partial charge in [-0.2, -0.15) is 0 Å². The fourth-order valence-corrected chi connectivity index (χ4v) is 2.13. The molecule has 0 aliphatic heterocycles. The Hall–Kier alpha value is -1.49. The minimum Gasteiger partial charge on any atom is -0.480 e. The van der Waals surface area contributed by atoms with E-state index in [9.17, 15) is 9.18 Å². The first kappa shape index (κ1) is 15.6. The highest BCUT2D eigenvalue weighted by Gasteiger charge is 2.31. The highest BCUT2D eigenvalue weighted by atomic mass is 19.1. The van der Waals surface area contributed by atoms with Gasteiger partial charge in [-0.1, -0.05) is 6.92 Å². The van der Waals surface area contributed by atoms with Crippen LogP contribution in [0, 0.1) is 5.82 Å². The Labute approximate surface area is 113 Å². The van der Waals surface area contributed by atoms with Gasteiger partial charge in [0.15, 0.2) is 0 Å². The predicted molar refractivity (Wildman–Crippen MR) is 71.3 cm³/mol. The summed E-state index contributed by atoms with van der Waals surface area (Å²) in [5.74, 6) is -1.27. The number of hydrogen-bond acceptors (Lipinski definition) is 3. The average Bonchev–Trinajstić information content (AvgIpc) is 2.29. The average molecular weight is 268 g/mol. The lowest BCUT2D eigenvalue weighted by Gasteiger charge is -2.40. The quantitative estimate of drug-likeness (QED) is 0.892. The van der Waals surface area contributed by atoms with Gasteiger partial charge in [0.1, 0.15) is 5.82 Å². The standard InChI is InChI=1S/C14H21FN2O2/c1-5-12(11-7-6-10(15)8-16-11)17(9-13(18)19)14(2,3)4/h6-8,12H,5,9H2,1-4H3,(H,18,19). The highest BCUT2D eigenvalue weighted by molar-refractivity contribution is 5.69. The van der Waals surface area contributed by atoms with E-state index in [-0.39, 0.29) is 23.9 Å². The lowest BCUT2D eigenvalue weighted by Crippen LogP contribution is -2.46. The van der Waals surface area contributed by atoms with Crippen molar-refractivity contribution in [2.45, 2.75) is 45.7 Å². The van der Waals surface area contributed by atoms with Gasteiger partial charge < -0.3 is 5.11 Å². The number of hydrogen-bond donors (Lipinski definition) is 1. The first-order chi connectivity index (χ1) is 8.75. The molecule has 1 unspecified atom stereocenters. The van der Waals surface area contributed by atoms with Crippen molar-refractivity contribution in [3.63, 3.8) is 0 Å². The van der Waals surface area contributed by atoms with E-state index in [1.165, 1.54) is 12.3 Å². The van der Waals surface area contributed by atoms with Crippen molar-refractivity contribution < 1.29 is 14.3 Å². The lowest BCUT2D eigenvalue weighted by molar-refractivity contribution is -0.140. The molecule has 1 N–H and O–H groups in total. The molecule has 4 nitrogen and oxygen atoms in total. The third-order valence-electron chi connectivity index (χ3n) is 3.02. The van der Waals surface area contributed by atoms with E-state index in [0.29, 0.717) is 12.1 Å². The molecule has 1 aromatic rings. The summed E-state index contributed by atoms with van der Waals surface area (Å²) in [5, 5.41) is 9.06. The summed E-state index contributed by atoms with van der Waals surface area (Å²) in [6, 6.07) is 2.83. The van der Waals surface area contributed by atoms with Gasteiger partial charge in [0.25, 0.3) is 0 Å². The molecule has 0 amide bonds. The molecule has 0 aromatic carbocycles. The second-order valence-electron chi connectivity index (χ2n) is 5.52. The number of halogens is 1. The van der Waals surface area contributed by atoms with E-state index in [1.807, 2.05) is 32.6 Å². The summed E-state index contributed by atoms with van der Waals surface area (Å²) in [6.45, 7) is 7.78. The molecule has 0 aliphatic rings. The van der Waals surface area contributed by atoms with Crippen molar-refractivity contribution in [1.82, 2.24) is 9.88 Å². The summed E-state index contributed by atoms with van der Waals surface area (Å²) < 4.78 is 12.9.